The molecule has 0 bridgehead atoms. The van der Waals surface area contributed by atoms with Crippen LogP contribution in [0.15, 0.2) is 48.7 Å². The first-order valence-corrected chi connectivity index (χ1v) is 8.03. The van der Waals surface area contributed by atoms with Crippen LogP contribution in [0.2, 0.25) is 0 Å². The summed E-state index contributed by atoms with van der Waals surface area (Å²) in [7, 11) is 0. The monoisotopic (exact) mass is 306 g/mol. The van der Waals surface area contributed by atoms with Gasteiger partial charge in [0.1, 0.15) is 12.4 Å². The van der Waals surface area contributed by atoms with Crippen LogP contribution in [0, 0.1) is 12.3 Å². The predicted octanol–water partition coefficient (Wildman–Crippen LogP) is 4.59. The van der Waals surface area contributed by atoms with Crippen molar-refractivity contribution in [1.29, 1.82) is 5.41 Å². The minimum Gasteiger partial charge on any atom is -0.492 e. The number of nitrogens with zero attached hydrogens (tertiary/aromatic N) is 1. The van der Waals surface area contributed by atoms with E-state index in [0.717, 1.165) is 35.2 Å². The smallest absolute Gasteiger partial charge is 0.119 e. The summed E-state index contributed by atoms with van der Waals surface area (Å²) >= 11 is 0. The molecule has 3 rings (SSSR count). The van der Waals surface area contributed by atoms with Gasteiger partial charge in [-0.2, -0.15) is 0 Å². The summed E-state index contributed by atoms with van der Waals surface area (Å²) in [6.07, 6.45) is 4.45. The Labute approximate surface area is 137 Å². The highest BCUT2D eigenvalue weighted by Crippen LogP contribution is 2.21. The summed E-state index contributed by atoms with van der Waals surface area (Å²) in [5.41, 5.74) is 4.63. The molecular formula is C20H22N2O. The van der Waals surface area contributed by atoms with Crippen LogP contribution < -0.4 is 4.74 Å². The van der Waals surface area contributed by atoms with Gasteiger partial charge in [-0.1, -0.05) is 31.2 Å². The Bertz CT molecular complexity index is 833. The minimum absolute atomic E-state index is 0.614. The molecule has 0 atom stereocenters. The van der Waals surface area contributed by atoms with E-state index >= 15 is 0 Å². The fourth-order valence-electron chi connectivity index (χ4n) is 2.95. The molecule has 0 amide bonds. The molecule has 0 unspecified atom stereocenters. The number of nitrogens with one attached hydrogen (secondary N) is 1. The SMILES string of the molecule is CCc1cc(C)cc(OCCn2cc(C=N)c3ccccc32)c1. The second-order valence-electron chi connectivity index (χ2n) is 5.80. The molecule has 1 heterocycles. The molecule has 2 aromatic carbocycles. The van der Waals surface area contributed by atoms with Gasteiger partial charge in [-0.25, -0.2) is 0 Å². The number of para-hydroxylation sites is 1. The van der Waals surface area contributed by atoms with Gasteiger partial charge in [0.15, 0.2) is 0 Å². The molecule has 0 aliphatic rings. The molecule has 23 heavy (non-hydrogen) atoms. The summed E-state index contributed by atoms with van der Waals surface area (Å²) in [5.74, 6) is 0.936. The van der Waals surface area contributed by atoms with Crippen LogP contribution in [0.3, 0.4) is 0 Å². The highest BCUT2D eigenvalue weighted by molar-refractivity contribution is 5.98. The third-order valence-corrected chi connectivity index (χ3v) is 4.09. The lowest BCUT2D eigenvalue weighted by molar-refractivity contribution is 0.300. The fourth-order valence-corrected chi connectivity index (χ4v) is 2.95. The first-order chi connectivity index (χ1) is 11.2. The van der Waals surface area contributed by atoms with E-state index in [1.807, 2.05) is 18.3 Å². The number of fused-ring (bicyclic) bond motifs is 1. The average Bonchev–Trinajstić information content (AvgIpc) is 2.92. The molecule has 3 aromatic rings. The standard InChI is InChI=1S/C20H22N2O/c1-3-16-10-15(2)11-18(12-16)23-9-8-22-14-17(13-21)19-6-4-5-7-20(19)22/h4-7,10-14,21H,3,8-9H2,1-2H3. The van der Waals surface area contributed by atoms with Gasteiger partial charge in [0.25, 0.3) is 0 Å². The van der Waals surface area contributed by atoms with E-state index in [-0.39, 0.29) is 0 Å². The second kappa shape index (κ2) is 6.69. The summed E-state index contributed by atoms with van der Waals surface area (Å²) in [6.45, 7) is 5.64. The summed E-state index contributed by atoms with van der Waals surface area (Å²) < 4.78 is 8.11. The van der Waals surface area contributed by atoms with Crippen molar-refractivity contribution in [3.05, 3.63) is 65.4 Å². The van der Waals surface area contributed by atoms with Crippen LogP contribution in [0.1, 0.15) is 23.6 Å². The quantitative estimate of drug-likeness (QED) is 0.665. The van der Waals surface area contributed by atoms with E-state index in [1.54, 1.807) is 0 Å². The van der Waals surface area contributed by atoms with Crippen LogP contribution in [-0.2, 0) is 13.0 Å². The topological polar surface area (TPSA) is 38.0 Å². The Kier molecular flexibility index (Phi) is 4.47. The van der Waals surface area contributed by atoms with E-state index in [4.69, 9.17) is 10.1 Å². The highest BCUT2D eigenvalue weighted by Gasteiger charge is 2.06. The maximum absolute atomic E-state index is 7.55. The van der Waals surface area contributed by atoms with Crippen molar-refractivity contribution in [3.8, 4) is 5.75 Å². The number of hydrogen-bond donors (Lipinski definition) is 1. The molecule has 3 nitrogen and oxygen atoms in total. The zero-order valence-electron chi connectivity index (χ0n) is 13.7. The van der Waals surface area contributed by atoms with Crippen molar-refractivity contribution in [3.63, 3.8) is 0 Å². The van der Waals surface area contributed by atoms with Crippen molar-refractivity contribution in [1.82, 2.24) is 4.57 Å². The lowest BCUT2D eigenvalue weighted by atomic mass is 10.1. The number of benzene rings is 2. The van der Waals surface area contributed by atoms with Gasteiger partial charge >= 0.3 is 0 Å². The third kappa shape index (κ3) is 3.29. The number of aryl methyl sites for hydroxylation is 2. The van der Waals surface area contributed by atoms with Gasteiger partial charge in [0, 0.05) is 28.9 Å². The molecule has 0 radical (unpaired) electrons. The predicted molar refractivity (Wildman–Crippen MR) is 95.9 cm³/mol. The van der Waals surface area contributed by atoms with E-state index in [1.165, 1.54) is 17.3 Å². The van der Waals surface area contributed by atoms with Crippen LogP contribution in [0.4, 0.5) is 0 Å². The lowest BCUT2D eigenvalue weighted by Crippen LogP contribution is -2.07. The van der Waals surface area contributed by atoms with Crippen molar-refractivity contribution in [2.75, 3.05) is 6.61 Å². The normalized spacial score (nSPS) is 10.9. The number of ether oxygens (including phenoxy) is 1. The summed E-state index contributed by atoms with van der Waals surface area (Å²) in [5, 5.41) is 8.67. The third-order valence-electron chi connectivity index (χ3n) is 4.09. The number of aromatic nitrogens is 1. The fraction of sp³-hybridized carbons (Fsp3) is 0.250. The van der Waals surface area contributed by atoms with Crippen molar-refractivity contribution in [2.24, 2.45) is 0 Å². The van der Waals surface area contributed by atoms with E-state index in [0.29, 0.717) is 6.61 Å². The molecular weight excluding hydrogens is 284 g/mol. The second-order valence-corrected chi connectivity index (χ2v) is 5.80. The van der Waals surface area contributed by atoms with Gasteiger partial charge in [-0.05, 0) is 42.7 Å². The molecule has 0 saturated heterocycles. The molecule has 0 aliphatic heterocycles. The Balaban J connectivity index is 1.74. The zero-order chi connectivity index (χ0) is 16.2. The largest absolute Gasteiger partial charge is 0.492 e. The minimum atomic E-state index is 0.614. The Hall–Kier alpha value is -2.55. The van der Waals surface area contributed by atoms with Crippen molar-refractivity contribution < 1.29 is 4.74 Å². The Morgan fingerprint density at radius 3 is 2.78 bits per heavy atom. The van der Waals surface area contributed by atoms with Crippen molar-refractivity contribution >= 4 is 17.1 Å². The molecule has 0 saturated carbocycles. The average molecular weight is 306 g/mol. The molecule has 3 heteroatoms. The first-order valence-electron chi connectivity index (χ1n) is 8.03. The van der Waals surface area contributed by atoms with Gasteiger partial charge in [-0.15, -0.1) is 0 Å². The van der Waals surface area contributed by atoms with Gasteiger partial charge in [0.05, 0.1) is 6.54 Å². The molecule has 0 aliphatic carbocycles. The molecule has 0 fully saturated rings. The molecule has 1 N–H and O–H groups in total. The van der Waals surface area contributed by atoms with Crippen LogP contribution in [0.25, 0.3) is 10.9 Å². The Morgan fingerprint density at radius 2 is 2.00 bits per heavy atom. The maximum atomic E-state index is 7.55. The molecule has 118 valence electrons. The van der Waals surface area contributed by atoms with Gasteiger partial charge < -0.3 is 14.7 Å². The molecule has 0 spiro atoms. The Morgan fingerprint density at radius 1 is 1.17 bits per heavy atom. The first kappa shape index (κ1) is 15.3. The number of rotatable bonds is 6. The highest BCUT2D eigenvalue weighted by atomic mass is 16.5. The maximum Gasteiger partial charge on any atom is 0.119 e. The van der Waals surface area contributed by atoms with Crippen molar-refractivity contribution in [2.45, 2.75) is 26.8 Å². The van der Waals surface area contributed by atoms with E-state index in [2.05, 4.69) is 48.7 Å². The molecule has 1 aromatic heterocycles. The van der Waals surface area contributed by atoms with Crippen LogP contribution >= 0.6 is 0 Å². The van der Waals surface area contributed by atoms with Crippen LogP contribution in [0.5, 0.6) is 5.75 Å². The van der Waals surface area contributed by atoms with E-state index < -0.39 is 0 Å². The summed E-state index contributed by atoms with van der Waals surface area (Å²) in [6, 6.07) is 14.6. The zero-order valence-corrected chi connectivity index (χ0v) is 13.7. The summed E-state index contributed by atoms with van der Waals surface area (Å²) in [4.78, 5) is 0. The van der Waals surface area contributed by atoms with Crippen LogP contribution in [-0.4, -0.2) is 17.4 Å². The lowest BCUT2D eigenvalue weighted by Gasteiger charge is -2.10. The van der Waals surface area contributed by atoms with Gasteiger partial charge in [0.2, 0.25) is 0 Å². The number of hydrogen-bond acceptors (Lipinski definition) is 2. The van der Waals surface area contributed by atoms with E-state index in [9.17, 15) is 0 Å². The van der Waals surface area contributed by atoms with Gasteiger partial charge in [-0.3, -0.25) is 0 Å².